The van der Waals surface area contributed by atoms with Crippen LogP contribution in [0.5, 0.6) is 0 Å². The van der Waals surface area contributed by atoms with Gasteiger partial charge in [-0.3, -0.25) is 27.1 Å². The van der Waals surface area contributed by atoms with Crippen molar-refractivity contribution in [2.45, 2.75) is 121 Å². The Bertz CT molecular complexity index is 2690. The van der Waals surface area contributed by atoms with Gasteiger partial charge in [0, 0.05) is 74.2 Å². The Morgan fingerprint density at radius 2 is 1.29 bits per heavy atom. The third-order valence-corrected chi connectivity index (χ3v) is 16.8. The lowest BCUT2D eigenvalue weighted by Crippen LogP contribution is -2.41. The van der Waals surface area contributed by atoms with Gasteiger partial charge in [0.1, 0.15) is 52.2 Å². The molecule has 4 aliphatic heterocycles. The van der Waals surface area contributed by atoms with Gasteiger partial charge in [-0.15, -0.1) is 0 Å². The molecule has 0 aliphatic carbocycles. The molecule has 2 aromatic heterocycles. The molecule has 8 rings (SSSR count). The molecule has 4 bridgehead atoms. The van der Waals surface area contributed by atoms with Crippen molar-refractivity contribution in [3.05, 3.63) is 129 Å². The van der Waals surface area contributed by atoms with E-state index in [1.165, 1.54) is 43.3 Å². The minimum atomic E-state index is -1.69. The number of aromatic nitrogens is 4. The number of carbonyl (C=O) groups is 2. The van der Waals surface area contributed by atoms with Gasteiger partial charge in [0.15, 0.2) is 12.5 Å². The minimum absolute atomic E-state index is 0. The van der Waals surface area contributed by atoms with E-state index < -0.39 is 99.7 Å². The number of amides is 2. The Kier molecular flexibility index (Phi) is 21.2. The number of nitrogens with one attached hydrogen (secondary N) is 2. The van der Waals surface area contributed by atoms with Gasteiger partial charge in [-0.25, -0.2) is 20.8 Å². The monoisotopic (exact) mass is 1070 g/mol. The molecule has 4 aromatic rings. The number of aliphatic hydroxyl groups is 3. The van der Waals surface area contributed by atoms with Gasteiger partial charge in [-0.2, -0.15) is 9.97 Å². The van der Waals surface area contributed by atoms with E-state index in [-0.39, 0.29) is 69.6 Å². The van der Waals surface area contributed by atoms with E-state index in [0.717, 1.165) is 4.57 Å². The smallest absolute Gasteiger partial charge is 0.351 e. The van der Waals surface area contributed by atoms with Crippen LogP contribution in [0.15, 0.2) is 94.8 Å². The van der Waals surface area contributed by atoms with Crippen molar-refractivity contribution in [2.24, 2.45) is 0 Å². The molecule has 4 aliphatic rings. The van der Waals surface area contributed by atoms with Crippen LogP contribution in [0.2, 0.25) is 0 Å². The maximum Gasteiger partial charge on any atom is 0.351 e. The number of carbonyl (C=O) groups excluding carboxylic acids is 2. The number of benzene rings is 2. The fraction of sp³-hybridized carbons (Fsp3) is 0.521. The van der Waals surface area contributed by atoms with Gasteiger partial charge in [0.05, 0.1) is 11.5 Å². The van der Waals surface area contributed by atoms with Crippen LogP contribution < -0.4 is 22.0 Å². The summed E-state index contributed by atoms with van der Waals surface area (Å²) in [5, 5.41) is 21.0. The van der Waals surface area contributed by atoms with Crippen LogP contribution in [0.1, 0.15) is 98.7 Å². The summed E-state index contributed by atoms with van der Waals surface area (Å²) in [6.07, 6.45) is -0.974. The van der Waals surface area contributed by atoms with Crippen LogP contribution in [0.4, 0.5) is 11.6 Å². The SMILES string of the molecule is C.CC.[2H]C[C@@]12CS(=O)[C@@H]([C@H](n3ccc(NC(=O)c4ccccc4)nc3=O)O1)[C@@H]2O.[2H]C[C@@]12CS(=O)[C@@H]([C@H](n3ccc(NC(=O)c4ccccc4)nc3=O)O1)[C@@H]2OP(OCC[N+]#[C-])N(C(C)C)C(C)C.[3H]OC.[3H]OC. The molecular formula is C48H69N8O13PS2. The molecule has 5 N–H and O–H groups in total. The molecule has 4 fully saturated rings. The number of hydrogen-bond donors (Lipinski definition) is 5. The quantitative estimate of drug-likeness (QED) is 0.0649. The van der Waals surface area contributed by atoms with Gasteiger partial charge in [0.2, 0.25) is 9.41 Å². The highest BCUT2D eigenvalue weighted by Crippen LogP contribution is 2.55. The second kappa shape index (κ2) is 27.9. The molecule has 396 valence electrons. The highest BCUT2D eigenvalue weighted by molar-refractivity contribution is 7.86. The standard InChI is InChI=1S/C26H34N5O6PS.C17H17N3O5S.C2H6.2CH4O.CH4/c1-17(2)31(18(3)4)38(35-15-13-27-6)37-22-21-24(36-26(22,5)16-39(21)34)30-14-12-20(29-25(30)33)28-23(32)19-10-8-7-9-11-19;1-17-9-26(24)12(13(17)21)15(25-17)20-8-7-11(19-16(20)23)18-14(22)10-5-3-2-4-6-10;3*1-2;/h7-12,14,17-18,21-22,24H,13,15-16H2,1-5H3,(H,28,29,32,33);2-8,12-13,15,21H,9H2,1H3,(H,18,19,22,23);1-2H3;2*2H,1H3;1H4/t21-,22+,24-,26+,38?,39?;12-,13+,15-,17+,26?;;;;/m11..../s1/i5D;1D;;2*2T;. The third-order valence-electron chi connectivity index (χ3n) is 10.9. The van der Waals surface area contributed by atoms with Crippen molar-refractivity contribution in [2.75, 3.05) is 49.5 Å². The molecule has 6 heterocycles. The molecule has 72 heavy (non-hydrogen) atoms. The predicted octanol–water partition coefficient (Wildman–Crippen LogP) is 4.73. The summed E-state index contributed by atoms with van der Waals surface area (Å²) in [6.45, 7) is 19.0. The number of aliphatic hydroxyl groups excluding tert-OH is 3. The lowest BCUT2D eigenvalue weighted by molar-refractivity contribution is -0.0784. The van der Waals surface area contributed by atoms with Gasteiger partial charge < -0.3 is 49.3 Å². The molecule has 0 saturated carbocycles. The average Bonchev–Trinajstić information content (AvgIpc) is 4.04. The molecule has 0 spiro atoms. The molecular weight excluding hydrogens is 992 g/mol. The summed E-state index contributed by atoms with van der Waals surface area (Å²) >= 11 is 0. The average molecular weight is 1070 g/mol. The van der Waals surface area contributed by atoms with Gasteiger partial charge in [0.25, 0.3) is 20.3 Å². The lowest BCUT2D eigenvalue weighted by Gasteiger charge is -2.38. The lowest BCUT2D eigenvalue weighted by atomic mass is 10.0. The van der Waals surface area contributed by atoms with E-state index in [4.69, 9.17) is 30.7 Å². The summed E-state index contributed by atoms with van der Waals surface area (Å²) < 4.78 is 82.0. The molecule has 2 aromatic carbocycles. The Hall–Kier alpha value is -4.96. The van der Waals surface area contributed by atoms with E-state index in [9.17, 15) is 32.7 Å². The summed E-state index contributed by atoms with van der Waals surface area (Å²) in [4.78, 5) is 61.4. The Morgan fingerprint density at radius 1 is 0.861 bits per heavy atom. The zero-order valence-corrected chi connectivity index (χ0v) is 43.3. The van der Waals surface area contributed by atoms with Crippen LogP contribution in [0.25, 0.3) is 4.85 Å². The first-order valence-corrected chi connectivity index (χ1v) is 26.3. The minimum Gasteiger partial charge on any atom is -0.400 e. The Balaban J connectivity index is 0.000000366. The third kappa shape index (κ3) is 14.0. The number of ether oxygens (including phenoxy) is 2. The maximum absolute atomic E-state index is 13.3. The molecule has 0 radical (unpaired) electrons. The van der Waals surface area contributed by atoms with E-state index in [1.807, 2.05) is 41.5 Å². The summed E-state index contributed by atoms with van der Waals surface area (Å²) in [6, 6.07) is 20.1. The van der Waals surface area contributed by atoms with Crippen molar-refractivity contribution in [3.63, 3.8) is 0 Å². The van der Waals surface area contributed by atoms with Crippen molar-refractivity contribution in [3.8, 4) is 0 Å². The van der Waals surface area contributed by atoms with Crippen LogP contribution in [-0.2, 0) is 40.1 Å². The molecule has 4 saturated heterocycles. The van der Waals surface area contributed by atoms with E-state index in [2.05, 4.69) is 40.3 Å². The first kappa shape index (κ1) is 54.8. The molecule has 3 unspecified atom stereocenters. The summed E-state index contributed by atoms with van der Waals surface area (Å²) in [5.41, 5.74) is -2.98. The molecule has 24 heteroatoms. The number of fused-ring (bicyclic) bond motifs is 4. The van der Waals surface area contributed by atoms with Crippen molar-refractivity contribution >= 4 is 53.6 Å². The normalized spacial score (nSPS) is 27.2. The molecule has 21 nitrogen and oxygen atoms in total. The van der Waals surface area contributed by atoms with E-state index in [1.54, 1.807) is 60.7 Å². The fourth-order valence-corrected chi connectivity index (χ4v) is 13.7. The van der Waals surface area contributed by atoms with Crippen molar-refractivity contribution in [1.82, 2.24) is 23.8 Å². The van der Waals surface area contributed by atoms with Crippen molar-refractivity contribution in [1.29, 1.82) is 2.86 Å². The predicted molar refractivity (Wildman–Crippen MR) is 278 cm³/mol. The topological polar surface area (TPSA) is 267 Å². The first-order valence-electron chi connectivity index (χ1n) is 24.6. The molecule has 2 amide bonds. The van der Waals surface area contributed by atoms with Crippen molar-refractivity contribution < 1.29 is 54.6 Å². The summed E-state index contributed by atoms with van der Waals surface area (Å²) in [7, 11) is -1.97. The van der Waals surface area contributed by atoms with E-state index >= 15 is 0 Å². The van der Waals surface area contributed by atoms with Gasteiger partial charge >= 0.3 is 11.4 Å². The number of nitrogens with zero attached hydrogens (tertiary/aromatic N) is 6. The zero-order valence-electron chi connectivity index (χ0n) is 44.7. The number of anilines is 2. The van der Waals surface area contributed by atoms with Crippen LogP contribution in [0, 0.1) is 6.57 Å². The number of rotatable bonds is 14. The van der Waals surface area contributed by atoms with Crippen LogP contribution in [-0.4, -0.2) is 147 Å². The molecule has 11 atom stereocenters. The van der Waals surface area contributed by atoms with Gasteiger partial charge in [-0.1, -0.05) is 57.7 Å². The largest absolute Gasteiger partial charge is 0.400 e. The Morgan fingerprint density at radius 3 is 1.71 bits per heavy atom. The highest BCUT2D eigenvalue weighted by Gasteiger charge is 2.65. The second-order valence-electron chi connectivity index (χ2n) is 16.3. The zero-order chi connectivity index (χ0) is 55.6. The highest BCUT2D eigenvalue weighted by atomic mass is 32.2. The second-order valence-corrected chi connectivity index (χ2v) is 20.9. The fourth-order valence-electron chi connectivity index (χ4n) is 7.99. The first-order chi connectivity index (χ1) is 35.9. The van der Waals surface area contributed by atoms with Crippen LogP contribution >= 0.6 is 8.53 Å². The summed E-state index contributed by atoms with van der Waals surface area (Å²) in [5.74, 6) is -0.484. The van der Waals surface area contributed by atoms with Gasteiger partial charge in [-0.05, 0) is 77.9 Å². The van der Waals surface area contributed by atoms with Crippen LogP contribution in [0.3, 0.4) is 0 Å². The number of hydrogen-bond acceptors (Lipinski definition) is 16. The van der Waals surface area contributed by atoms with E-state index in [0.29, 0.717) is 11.1 Å². The maximum atomic E-state index is 13.3. The Labute approximate surface area is 432 Å².